The molecular formula is C25H19N3O6. The topological polar surface area (TPSA) is 112 Å². The SMILES string of the molecule is O=C(Nc1ccc(Oc2ccccc2)cc1)c1c[nH]c(=O)n(Cc2ccc3c(c2)OCO3)c1=O. The van der Waals surface area contributed by atoms with Crippen LogP contribution >= 0.6 is 0 Å². The van der Waals surface area contributed by atoms with E-state index in [1.807, 2.05) is 30.3 Å². The zero-order valence-corrected chi connectivity index (χ0v) is 17.8. The minimum absolute atomic E-state index is 0.0303. The quantitative estimate of drug-likeness (QED) is 0.459. The van der Waals surface area contributed by atoms with Crippen molar-refractivity contribution in [3.8, 4) is 23.0 Å². The normalized spacial score (nSPS) is 11.8. The predicted molar refractivity (Wildman–Crippen MR) is 124 cm³/mol. The Hall–Kier alpha value is -4.79. The number of aromatic nitrogens is 2. The number of carbonyl (C=O) groups is 1. The van der Waals surface area contributed by atoms with Gasteiger partial charge in [0.25, 0.3) is 11.5 Å². The molecule has 0 unspecified atom stereocenters. The Morgan fingerprint density at radius 1 is 0.941 bits per heavy atom. The number of nitrogens with zero attached hydrogens (tertiary/aromatic N) is 1. The first-order chi connectivity index (χ1) is 16.6. The molecule has 0 spiro atoms. The molecule has 1 aromatic heterocycles. The standard InChI is InChI=1S/C25H19N3O6/c29-23(27-17-7-9-19(10-8-17)34-18-4-2-1-3-5-18)20-13-26-25(31)28(24(20)30)14-16-6-11-21-22(12-16)33-15-32-21/h1-13H,14-15H2,(H,26,31)(H,27,29). The molecule has 2 N–H and O–H groups in total. The lowest BCUT2D eigenvalue weighted by molar-refractivity contribution is 0.102. The molecule has 9 heteroatoms. The number of nitrogens with one attached hydrogen (secondary N) is 2. The van der Waals surface area contributed by atoms with E-state index >= 15 is 0 Å². The molecule has 1 amide bonds. The lowest BCUT2D eigenvalue weighted by Crippen LogP contribution is -2.39. The first kappa shape index (κ1) is 21.1. The van der Waals surface area contributed by atoms with Gasteiger partial charge >= 0.3 is 5.69 Å². The van der Waals surface area contributed by atoms with Crippen LogP contribution in [0.25, 0.3) is 0 Å². The Morgan fingerprint density at radius 3 is 2.47 bits per heavy atom. The van der Waals surface area contributed by atoms with Gasteiger partial charge in [0.1, 0.15) is 17.1 Å². The van der Waals surface area contributed by atoms with Crippen LogP contribution in [0.4, 0.5) is 5.69 Å². The number of anilines is 1. The van der Waals surface area contributed by atoms with E-state index in [0.29, 0.717) is 34.2 Å². The fraction of sp³-hybridized carbons (Fsp3) is 0.0800. The monoisotopic (exact) mass is 457 g/mol. The molecule has 2 heterocycles. The van der Waals surface area contributed by atoms with Crippen LogP contribution in [0.15, 0.2) is 88.6 Å². The average Bonchev–Trinajstić information content (AvgIpc) is 3.31. The minimum Gasteiger partial charge on any atom is -0.457 e. The van der Waals surface area contributed by atoms with Gasteiger partial charge in [-0.25, -0.2) is 4.79 Å². The Balaban J connectivity index is 1.32. The highest BCUT2D eigenvalue weighted by Crippen LogP contribution is 2.32. The molecule has 9 nitrogen and oxygen atoms in total. The number of H-pyrrole nitrogens is 1. The van der Waals surface area contributed by atoms with E-state index in [-0.39, 0.29) is 18.9 Å². The predicted octanol–water partition coefficient (Wildman–Crippen LogP) is 3.36. The molecular weight excluding hydrogens is 438 g/mol. The molecule has 170 valence electrons. The molecule has 0 radical (unpaired) electrons. The number of benzene rings is 3. The highest BCUT2D eigenvalue weighted by Gasteiger charge is 2.17. The summed E-state index contributed by atoms with van der Waals surface area (Å²) in [6.07, 6.45) is 1.11. The molecule has 0 bridgehead atoms. The van der Waals surface area contributed by atoms with E-state index in [2.05, 4.69) is 10.3 Å². The number of hydrogen-bond acceptors (Lipinski definition) is 6. The maximum absolute atomic E-state index is 12.9. The Bertz CT molecular complexity index is 1460. The van der Waals surface area contributed by atoms with Crippen molar-refractivity contribution in [3.63, 3.8) is 0 Å². The van der Waals surface area contributed by atoms with Gasteiger partial charge in [-0.3, -0.25) is 14.2 Å². The maximum atomic E-state index is 12.9. The van der Waals surface area contributed by atoms with Crippen LogP contribution < -0.4 is 30.8 Å². The fourth-order valence-electron chi connectivity index (χ4n) is 3.47. The molecule has 4 aromatic rings. The Morgan fingerprint density at radius 2 is 1.68 bits per heavy atom. The van der Waals surface area contributed by atoms with Gasteiger partial charge in [-0.1, -0.05) is 24.3 Å². The van der Waals surface area contributed by atoms with Crippen molar-refractivity contribution in [2.24, 2.45) is 0 Å². The third-order valence-electron chi connectivity index (χ3n) is 5.17. The van der Waals surface area contributed by atoms with Crippen molar-refractivity contribution < 1.29 is 19.0 Å². The van der Waals surface area contributed by atoms with Crippen molar-refractivity contribution in [2.75, 3.05) is 12.1 Å². The average molecular weight is 457 g/mol. The van der Waals surface area contributed by atoms with Crippen LogP contribution in [0.3, 0.4) is 0 Å². The number of amides is 1. The van der Waals surface area contributed by atoms with Crippen LogP contribution in [0.5, 0.6) is 23.0 Å². The smallest absolute Gasteiger partial charge is 0.328 e. The zero-order chi connectivity index (χ0) is 23.5. The molecule has 3 aromatic carbocycles. The highest BCUT2D eigenvalue weighted by atomic mass is 16.7. The lowest BCUT2D eigenvalue weighted by Gasteiger charge is -2.10. The van der Waals surface area contributed by atoms with Gasteiger partial charge in [-0.15, -0.1) is 0 Å². The van der Waals surface area contributed by atoms with Crippen LogP contribution in [0, 0.1) is 0 Å². The molecule has 0 fully saturated rings. The van der Waals surface area contributed by atoms with Crippen molar-refractivity contribution >= 4 is 11.6 Å². The van der Waals surface area contributed by atoms with Gasteiger partial charge in [0.15, 0.2) is 11.5 Å². The van der Waals surface area contributed by atoms with E-state index in [4.69, 9.17) is 14.2 Å². The van der Waals surface area contributed by atoms with E-state index in [1.54, 1.807) is 42.5 Å². The highest BCUT2D eigenvalue weighted by molar-refractivity contribution is 6.03. The summed E-state index contributed by atoms with van der Waals surface area (Å²) in [6, 6.07) is 21.2. The lowest BCUT2D eigenvalue weighted by atomic mass is 10.2. The Labute approximate surface area is 193 Å². The number of carbonyl (C=O) groups excluding carboxylic acids is 1. The van der Waals surface area contributed by atoms with Gasteiger partial charge in [0, 0.05) is 11.9 Å². The molecule has 1 aliphatic heterocycles. The molecule has 34 heavy (non-hydrogen) atoms. The first-order valence-corrected chi connectivity index (χ1v) is 10.4. The van der Waals surface area contributed by atoms with Crippen LogP contribution in [-0.4, -0.2) is 22.3 Å². The van der Waals surface area contributed by atoms with Gasteiger partial charge in [-0.05, 0) is 54.1 Å². The van der Waals surface area contributed by atoms with E-state index < -0.39 is 17.2 Å². The molecule has 1 aliphatic rings. The fourth-order valence-corrected chi connectivity index (χ4v) is 3.47. The molecule has 5 rings (SSSR count). The second kappa shape index (κ2) is 8.99. The molecule has 0 saturated carbocycles. The second-order valence-corrected chi connectivity index (χ2v) is 7.48. The third-order valence-corrected chi connectivity index (χ3v) is 5.17. The number of rotatable bonds is 6. The van der Waals surface area contributed by atoms with Gasteiger partial charge in [0.05, 0.1) is 6.54 Å². The minimum atomic E-state index is -0.706. The summed E-state index contributed by atoms with van der Waals surface area (Å²) in [5.74, 6) is 1.78. The van der Waals surface area contributed by atoms with Gasteiger partial charge < -0.3 is 24.5 Å². The van der Waals surface area contributed by atoms with Crippen molar-refractivity contribution in [1.82, 2.24) is 9.55 Å². The summed E-state index contributed by atoms with van der Waals surface area (Å²) >= 11 is 0. The summed E-state index contributed by atoms with van der Waals surface area (Å²) < 4.78 is 17.3. The van der Waals surface area contributed by atoms with E-state index in [0.717, 1.165) is 10.8 Å². The molecule has 0 atom stereocenters. The number of aromatic amines is 1. The van der Waals surface area contributed by atoms with E-state index in [9.17, 15) is 14.4 Å². The summed E-state index contributed by atoms with van der Waals surface area (Å²) in [6.45, 7) is 0.0891. The van der Waals surface area contributed by atoms with Gasteiger partial charge in [0.2, 0.25) is 6.79 Å². The van der Waals surface area contributed by atoms with Crippen molar-refractivity contribution in [3.05, 3.63) is 111 Å². The summed E-state index contributed by atoms with van der Waals surface area (Å²) in [7, 11) is 0. The molecule has 0 aliphatic carbocycles. The van der Waals surface area contributed by atoms with Crippen LogP contribution in [0.2, 0.25) is 0 Å². The largest absolute Gasteiger partial charge is 0.457 e. The summed E-state index contributed by atoms with van der Waals surface area (Å²) in [5, 5.41) is 2.67. The van der Waals surface area contributed by atoms with E-state index in [1.165, 1.54) is 0 Å². The number of hydrogen-bond donors (Lipinski definition) is 2. The van der Waals surface area contributed by atoms with Crippen molar-refractivity contribution in [2.45, 2.75) is 6.54 Å². The van der Waals surface area contributed by atoms with Crippen molar-refractivity contribution in [1.29, 1.82) is 0 Å². The number of ether oxygens (including phenoxy) is 3. The van der Waals surface area contributed by atoms with Crippen LogP contribution in [-0.2, 0) is 6.54 Å². The number of fused-ring (bicyclic) bond motifs is 1. The summed E-state index contributed by atoms with van der Waals surface area (Å²) in [5.41, 5.74) is -0.392. The number of para-hydroxylation sites is 1. The zero-order valence-electron chi connectivity index (χ0n) is 17.8. The first-order valence-electron chi connectivity index (χ1n) is 10.4. The third kappa shape index (κ3) is 4.40. The van der Waals surface area contributed by atoms with Crippen LogP contribution in [0.1, 0.15) is 15.9 Å². The maximum Gasteiger partial charge on any atom is 0.328 e. The van der Waals surface area contributed by atoms with Gasteiger partial charge in [-0.2, -0.15) is 0 Å². The molecule has 0 saturated heterocycles. The second-order valence-electron chi connectivity index (χ2n) is 7.48. The summed E-state index contributed by atoms with van der Waals surface area (Å²) in [4.78, 5) is 40.4. The Kier molecular flexibility index (Phi) is 5.57.